The van der Waals surface area contributed by atoms with Crippen molar-refractivity contribution in [2.45, 2.75) is 6.61 Å². The van der Waals surface area contributed by atoms with Gasteiger partial charge in [-0.1, -0.05) is 48.6 Å². The first-order valence-corrected chi connectivity index (χ1v) is 10.3. The lowest BCUT2D eigenvalue weighted by atomic mass is 10.1. The van der Waals surface area contributed by atoms with Crippen LogP contribution in [0.5, 0.6) is 5.75 Å². The molecule has 0 atom stereocenters. The van der Waals surface area contributed by atoms with Crippen LogP contribution in [0.2, 0.25) is 0 Å². The number of hydrogen-bond donors (Lipinski definition) is 0. The van der Waals surface area contributed by atoms with Gasteiger partial charge < -0.3 is 14.5 Å². The van der Waals surface area contributed by atoms with E-state index in [1.54, 1.807) is 18.2 Å². The van der Waals surface area contributed by atoms with Gasteiger partial charge in [-0.25, -0.2) is 8.78 Å². The summed E-state index contributed by atoms with van der Waals surface area (Å²) < 4.78 is 32.9. The van der Waals surface area contributed by atoms with Crippen molar-refractivity contribution in [2.75, 3.05) is 31.1 Å². The monoisotopic (exact) mass is 424 g/mol. The largest absolute Gasteiger partial charge is 0.489 e. The van der Waals surface area contributed by atoms with Crippen molar-refractivity contribution >= 4 is 22.9 Å². The number of hydrogen-bond acceptors (Lipinski definition) is 3. The van der Waals surface area contributed by atoms with Gasteiger partial charge in [0.05, 0.1) is 5.69 Å². The molecule has 0 radical (unpaired) electrons. The summed E-state index contributed by atoms with van der Waals surface area (Å²) in [5.41, 5.74) is 2.45. The van der Waals surface area contributed by atoms with E-state index in [2.05, 4.69) is 9.80 Å². The Kier molecular flexibility index (Phi) is 6.23. The second-order valence-corrected chi connectivity index (χ2v) is 7.56. The van der Waals surface area contributed by atoms with E-state index in [4.69, 9.17) is 17.0 Å². The van der Waals surface area contributed by atoms with Gasteiger partial charge in [0.25, 0.3) is 0 Å². The smallest absolute Gasteiger partial charge is 0.146 e. The molecule has 0 saturated carbocycles. The molecule has 0 aromatic heterocycles. The van der Waals surface area contributed by atoms with Crippen molar-refractivity contribution in [1.29, 1.82) is 0 Å². The van der Waals surface area contributed by atoms with E-state index in [-0.39, 0.29) is 11.6 Å². The van der Waals surface area contributed by atoms with Gasteiger partial charge in [-0.05, 0) is 42.0 Å². The Morgan fingerprint density at radius 1 is 0.867 bits per heavy atom. The molecule has 6 heteroatoms. The van der Waals surface area contributed by atoms with Crippen molar-refractivity contribution in [3.8, 4) is 5.75 Å². The van der Waals surface area contributed by atoms with E-state index in [9.17, 15) is 8.78 Å². The SMILES string of the molecule is Fc1ccc(COc2cccc(C(=S)N3CCN(c4ccccc4F)CC3)c2)cc1. The fourth-order valence-corrected chi connectivity index (χ4v) is 3.82. The van der Waals surface area contributed by atoms with Crippen LogP contribution in [0.15, 0.2) is 72.8 Å². The quantitative estimate of drug-likeness (QED) is 0.533. The Morgan fingerprint density at radius 2 is 1.60 bits per heavy atom. The molecule has 3 aromatic carbocycles. The molecule has 0 amide bonds. The highest BCUT2D eigenvalue weighted by Gasteiger charge is 2.21. The van der Waals surface area contributed by atoms with Crippen LogP contribution >= 0.6 is 12.2 Å². The lowest BCUT2D eigenvalue weighted by Gasteiger charge is -2.37. The average Bonchev–Trinajstić information content (AvgIpc) is 2.79. The molecule has 1 aliphatic heterocycles. The van der Waals surface area contributed by atoms with Crippen LogP contribution in [-0.2, 0) is 6.61 Å². The van der Waals surface area contributed by atoms with E-state index in [0.29, 0.717) is 31.1 Å². The van der Waals surface area contributed by atoms with Crippen molar-refractivity contribution in [3.63, 3.8) is 0 Å². The van der Waals surface area contributed by atoms with Crippen LogP contribution in [0.1, 0.15) is 11.1 Å². The summed E-state index contributed by atoms with van der Waals surface area (Å²) in [5.74, 6) is 0.255. The highest BCUT2D eigenvalue weighted by Crippen LogP contribution is 2.22. The molecule has 0 N–H and O–H groups in total. The first-order valence-electron chi connectivity index (χ1n) is 9.86. The topological polar surface area (TPSA) is 15.7 Å². The zero-order valence-corrected chi connectivity index (χ0v) is 17.2. The third-order valence-corrected chi connectivity index (χ3v) is 5.65. The highest BCUT2D eigenvalue weighted by atomic mass is 32.1. The molecule has 0 unspecified atom stereocenters. The number of benzene rings is 3. The van der Waals surface area contributed by atoms with Gasteiger partial charge in [0.1, 0.15) is 29.0 Å². The normalized spacial score (nSPS) is 13.9. The third-order valence-electron chi connectivity index (χ3n) is 5.16. The van der Waals surface area contributed by atoms with Crippen LogP contribution in [-0.4, -0.2) is 36.1 Å². The maximum atomic E-state index is 14.0. The second kappa shape index (κ2) is 9.22. The van der Waals surface area contributed by atoms with Gasteiger partial charge in [-0.15, -0.1) is 0 Å². The van der Waals surface area contributed by atoms with E-state index in [0.717, 1.165) is 29.2 Å². The summed E-state index contributed by atoms with van der Waals surface area (Å²) >= 11 is 5.71. The van der Waals surface area contributed by atoms with Crippen molar-refractivity contribution in [2.24, 2.45) is 0 Å². The van der Waals surface area contributed by atoms with E-state index in [1.807, 2.05) is 36.4 Å². The van der Waals surface area contributed by atoms with Crippen molar-refractivity contribution < 1.29 is 13.5 Å². The Balaban J connectivity index is 1.36. The fraction of sp³-hybridized carbons (Fsp3) is 0.208. The van der Waals surface area contributed by atoms with Crippen LogP contribution in [0.4, 0.5) is 14.5 Å². The van der Waals surface area contributed by atoms with Crippen LogP contribution in [0, 0.1) is 11.6 Å². The molecule has 0 spiro atoms. The molecule has 3 nitrogen and oxygen atoms in total. The van der Waals surface area contributed by atoms with Gasteiger partial charge in [-0.2, -0.15) is 0 Å². The average molecular weight is 425 g/mol. The summed E-state index contributed by atoms with van der Waals surface area (Å²) in [6.45, 7) is 3.24. The number of halogens is 2. The van der Waals surface area contributed by atoms with E-state index < -0.39 is 0 Å². The number of piperazine rings is 1. The van der Waals surface area contributed by atoms with Crippen molar-refractivity contribution in [3.05, 3.63) is 95.6 Å². The molecule has 1 fully saturated rings. The van der Waals surface area contributed by atoms with Crippen LogP contribution < -0.4 is 9.64 Å². The Bertz CT molecular complexity index is 1020. The zero-order valence-electron chi connectivity index (χ0n) is 16.4. The highest BCUT2D eigenvalue weighted by molar-refractivity contribution is 7.80. The molecule has 3 aromatic rings. The minimum Gasteiger partial charge on any atom is -0.489 e. The van der Waals surface area contributed by atoms with E-state index in [1.165, 1.54) is 18.2 Å². The first kappa shape index (κ1) is 20.3. The number of thiocarbonyl (C=S) groups is 1. The summed E-state index contributed by atoms with van der Waals surface area (Å²) in [7, 11) is 0. The standard InChI is InChI=1S/C24H22F2N2OS/c25-20-10-8-18(9-11-20)17-29-21-5-3-4-19(16-21)24(30)28-14-12-27(13-15-28)23-7-2-1-6-22(23)26/h1-11,16H,12-15,17H2. The molecule has 30 heavy (non-hydrogen) atoms. The molecule has 1 saturated heterocycles. The minimum absolute atomic E-state index is 0.195. The lowest BCUT2D eigenvalue weighted by Crippen LogP contribution is -2.48. The van der Waals surface area contributed by atoms with Gasteiger partial charge in [-0.3, -0.25) is 0 Å². The molecular formula is C24H22F2N2OS. The third kappa shape index (κ3) is 4.76. The fourth-order valence-electron chi connectivity index (χ4n) is 3.51. The Morgan fingerprint density at radius 3 is 2.33 bits per heavy atom. The van der Waals surface area contributed by atoms with Gasteiger partial charge in [0, 0.05) is 31.7 Å². The predicted molar refractivity (Wildman–Crippen MR) is 119 cm³/mol. The van der Waals surface area contributed by atoms with Crippen LogP contribution in [0.3, 0.4) is 0 Å². The predicted octanol–water partition coefficient (Wildman–Crippen LogP) is 5.04. The zero-order chi connectivity index (χ0) is 20.9. The maximum Gasteiger partial charge on any atom is 0.146 e. The molecule has 0 bridgehead atoms. The number of nitrogens with zero attached hydrogens (tertiary/aromatic N) is 2. The minimum atomic E-state index is -0.263. The molecule has 154 valence electrons. The van der Waals surface area contributed by atoms with Gasteiger partial charge in [0.15, 0.2) is 0 Å². The molecule has 0 aliphatic carbocycles. The second-order valence-electron chi connectivity index (χ2n) is 7.17. The van der Waals surface area contributed by atoms with Crippen LogP contribution in [0.25, 0.3) is 0 Å². The molecular weight excluding hydrogens is 402 g/mol. The molecule has 1 aliphatic rings. The molecule has 4 rings (SSSR count). The Labute approximate surface area is 180 Å². The lowest BCUT2D eigenvalue weighted by molar-refractivity contribution is 0.306. The number of rotatable bonds is 5. The first-order chi connectivity index (χ1) is 14.6. The summed E-state index contributed by atoms with van der Waals surface area (Å²) in [5, 5.41) is 0. The van der Waals surface area contributed by atoms with Gasteiger partial charge >= 0.3 is 0 Å². The van der Waals surface area contributed by atoms with E-state index >= 15 is 0 Å². The summed E-state index contributed by atoms with van der Waals surface area (Å²) in [6.07, 6.45) is 0. The summed E-state index contributed by atoms with van der Waals surface area (Å²) in [4.78, 5) is 4.96. The molecule has 1 heterocycles. The number of anilines is 1. The van der Waals surface area contributed by atoms with Crippen molar-refractivity contribution in [1.82, 2.24) is 4.90 Å². The maximum absolute atomic E-state index is 14.0. The number of para-hydroxylation sites is 1. The van der Waals surface area contributed by atoms with Gasteiger partial charge in [0.2, 0.25) is 0 Å². The summed E-state index contributed by atoms with van der Waals surface area (Å²) in [6, 6.07) is 20.8. The number of ether oxygens (including phenoxy) is 1. The Hall–Kier alpha value is -2.99.